The highest BCUT2D eigenvalue weighted by molar-refractivity contribution is 5.93. The van der Waals surface area contributed by atoms with Gasteiger partial charge in [-0.1, -0.05) is 12.1 Å². The zero-order chi connectivity index (χ0) is 23.8. The van der Waals surface area contributed by atoms with Crippen molar-refractivity contribution < 1.29 is 14.7 Å². The Labute approximate surface area is 200 Å². The number of aliphatic hydroxyl groups is 1. The molecule has 3 N–H and O–H groups in total. The SMILES string of the molecule is Cc1cccc(C(=O)NC23CC4CC(C2)CC(NC(=O)c2cccc(CCCCO)n2)(C4)C3)n1. The van der Waals surface area contributed by atoms with Crippen LogP contribution in [0.3, 0.4) is 0 Å². The molecule has 0 aliphatic heterocycles. The third kappa shape index (κ3) is 4.71. The number of hydrogen-bond donors (Lipinski definition) is 3. The van der Waals surface area contributed by atoms with E-state index < -0.39 is 0 Å². The van der Waals surface area contributed by atoms with Crippen LogP contribution in [-0.4, -0.2) is 44.6 Å². The Bertz CT molecular complexity index is 1070. The first-order valence-corrected chi connectivity index (χ1v) is 12.5. The zero-order valence-electron chi connectivity index (χ0n) is 19.8. The lowest BCUT2D eigenvalue weighted by Crippen LogP contribution is -2.70. The van der Waals surface area contributed by atoms with Gasteiger partial charge in [0.1, 0.15) is 11.4 Å². The number of aromatic nitrogens is 2. The van der Waals surface area contributed by atoms with Crippen LogP contribution in [0, 0.1) is 18.8 Å². The third-order valence-electron chi connectivity index (χ3n) is 7.82. The summed E-state index contributed by atoms with van der Waals surface area (Å²) in [6, 6.07) is 11.1. The van der Waals surface area contributed by atoms with Crippen LogP contribution in [0.25, 0.3) is 0 Å². The summed E-state index contributed by atoms with van der Waals surface area (Å²) in [5.74, 6) is 0.757. The Morgan fingerprint density at radius 3 is 2.09 bits per heavy atom. The third-order valence-corrected chi connectivity index (χ3v) is 7.82. The van der Waals surface area contributed by atoms with Crippen molar-refractivity contribution in [1.82, 2.24) is 20.6 Å². The molecule has 4 saturated carbocycles. The fraction of sp³-hybridized carbons (Fsp3) is 0.556. The van der Waals surface area contributed by atoms with Crippen molar-refractivity contribution in [3.05, 3.63) is 59.2 Å². The van der Waals surface area contributed by atoms with Crippen molar-refractivity contribution in [3.8, 4) is 0 Å². The molecular weight excluding hydrogens is 428 g/mol. The van der Waals surface area contributed by atoms with Crippen molar-refractivity contribution in [3.63, 3.8) is 0 Å². The minimum absolute atomic E-state index is 0.121. The number of hydrogen-bond acceptors (Lipinski definition) is 5. The van der Waals surface area contributed by atoms with Crippen molar-refractivity contribution in [2.24, 2.45) is 11.8 Å². The van der Waals surface area contributed by atoms with Gasteiger partial charge in [-0.3, -0.25) is 9.59 Å². The average Bonchev–Trinajstić information content (AvgIpc) is 2.78. The number of carbonyl (C=O) groups excluding carboxylic acids is 2. The molecule has 2 atom stereocenters. The van der Waals surface area contributed by atoms with Crippen molar-refractivity contribution >= 4 is 11.8 Å². The van der Waals surface area contributed by atoms with Gasteiger partial charge in [0.25, 0.3) is 11.8 Å². The lowest BCUT2D eigenvalue weighted by molar-refractivity contribution is -0.0449. The Morgan fingerprint density at radius 1 is 0.912 bits per heavy atom. The van der Waals surface area contributed by atoms with E-state index in [4.69, 9.17) is 5.11 Å². The maximum Gasteiger partial charge on any atom is 0.270 e. The number of carbonyl (C=O) groups is 2. The highest BCUT2D eigenvalue weighted by Gasteiger charge is 2.58. The second-order valence-electron chi connectivity index (χ2n) is 10.8. The van der Waals surface area contributed by atoms with Crippen LogP contribution in [0.15, 0.2) is 36.4 Å². The molecule has 4 bridgehead atoms. The van der Waals surface area contributed by atoms with Gasteiger partial charge in [-0.05, 0) is 101 Å². The molecular formula is C27H34N4O3. The molecule has 2 aromatic heterocycles. The standard InChI is InChI=1S/C27H34N4O3/c1-18-6-4-9-22(28-18)24(33)30-26-13-19-12-20(14-26)16-27(15-19,17-26)31-25(34)23-10-5-8-21(29-23)7-2-3-11-32/h4-6,8-10,19-20,32H,2-3,7,11-17H2,1H3,(H,30,33)(H,31,34). The molecule has 6 rings (SSSR count). The first-order chi connectivity index (χ1) is 16.4. The predicted octanol–water partition coefficient (Wildman–Crippen LogP) is 3.35. The van der Waals surface area contributed by atoms with E-state index in [1.54, 1.807) is 12.1 Å². The molecule has 0 spiro atoms. The normalized spacial score (nSPS) is 29.1. The summed E-state index contributed by atoms with van der Waals surface area (Å²) in [6.45, 7) is 2.06. The van der Waals surface area contributed by atoms with Gasteiger partial charge in [0.15, 0.2) is 0 Å². The summed E-state index contributed by atoms with van der Waals surface area (Å²) < 4.78 is 0. The molecule has 4 fully saturated rings. The average molecular weight is 463 g/mol. The van der Waals surface area contributed by atoms with Crippen LogP contribution in [0.2, 0.25) is 0 Å². The number of aryl methyl sites for hydroxylation is 2. The zero-order valence-corrected chi connectivity index (χ0v) is 19.8. The van der Waals surface area contributed by atoms with Crippen LogP contribution in [0.1, 0.15) is 83.7 Å². The van der Waals surface area contributed by atoms with E-state index in [-0.39, 0.29) is 29.5 Å². The molecule has 34 heavy (non-hydrogen) atoms. The first-order valence-electron chi connectivity index (χ1n) is 12.5. The van der Waals surface area contributed by atoms with Crippen LogP contribution in [0.4, 0.5) is 0 Å². The molecule has 7 heteroatoms. The molecule has 0 radical (unpaired) electrons. The molecule has 2 heterocycles. The number of aliphatic hydroxyl groups excluding tert-OH is 1. The van der Waals surface area contributed by atoms with E-state index in [0.29, 0.717) is 23.2 Å². The van der Waals surface area contributed by atoms with Gasteiger partial charge in [0.2, 0.25) is 0 Å². The van der Waals surface area contributed by atoms with Gasteiger partial charge in [0, 0.05) is 29.1 Å². The summed E-state index contributed by atoms with van der Waals surface area (Å²) in [5, 5.41) is 15.7. The van der Waals surface area contributed by atoms with Gasteiger partial charge < -0.3 is 15.7 Å². The Balaban J connectivity index is 1.31. The number of amides is 2. The van der Waals surface area contributed by atoms with E-state index in [9.17, 15) is 9.59 Å². The highest BCUT2D eigenvalue weighted by Crippen LogP contribution is 2.57. The second kappa shape index (κ2) is 9.10. The second-order valence-corrected chi connectivity index (χ2v) is 10.8. The lowest BCUT2D eigenvalue weighted by atomic mass is 9.49. The lowest BCUT2D eigenvalue weighted by Gasteiger charge is -2.62. The molecule has 2 unspecified atom stereocenters. The minimum Gasteiger partial charge on any atom is -0.396 e. The van der Waals surface area contributed by atoms with Crippen LogP contribution < -0.4 is 10.6 Å². The number of rotatable bonds is 8. The van der Waals surface area contributed by atoms with Crippen molar-refractivity contribution in [1.29, 1.82) is 0 Å². The Morgan fingerprint density at radius 2 is 1.50 bits per heavy atom. The van der Waals surface area contributed by atoms with E-state index >= 15 is 0 Å². The van der Waals surface area contributed by atoms with Gasteiger partial charge in [-0.25, -0.2) is 9.97 Å². The molecule has 2 amide bonds. The van der Waals surface area contributed by atoms with E-state index in [1.807, 2.05) is 31.2 Å². The summed E-state index contributed by atoms with van der Waals surface area (Å²) in [5.41, 5.74) is 2.01. The molecule has 4 aliphatic rings. The fourth-order valence-corrected chi connectivity index (χ4v) is 7.00. The van der Waals surface area contributed by atoms with Gasteiger partial charge in [0.05, 0.1) is 0 Å². The van der Waals surface area contributed by atoms with Gasteiger partial charge in [-0.2, -0.15) is 0 Å². The summed E-state index contributed by atoms with van der Waals surface area (Å²) in [4.78, 5) is 35.4. The van der Waals surface area contributed by atoms with Gasteiger partial charge in [-0.15, -0.1) is 0 Å². The molecule has 180 valence electrons. The molecule has 0 saturated heterocycles. The maximum atomic E-state index is 13.3. The maximum absolute atomic E-state index is 13.3. The quantitative estimate of drug-likeness (QED) is 0.522. The number of nitrogens with one attached hydrogen (secondary N) is 2. The smallest absolute Gasteiger partial charge is 0.270 e. The summed E-state index contributed by atoms with van der Waals surface area (Å²) >= 11 is 0. The van der Waals surface area contributed by atoms with Crippen LogP contribution in [-0.2, 0) is 6.42 Å². The predicted molar refractivity (Wildman–Crippen MR) is 128 cm³/mol. The highest BCUT2D eigenvalue weighted by atomic mass is 16.3. The van der Waals surface area contributed by atoms with E-state index in [0.717, 1.165) is 62.8 Å². The largest absolute Gasteiger partial charge is 0.396 e. The van der Waals surface area contributed by atoms with E-state index in [1.165, 1.54) is 6.42 Å². The Hall–Kier alpha value is -2.80. The monoisotopic (exact) mass is 462 g/mol. The van der Waals surface area contributed by atoms with Gasteiger partial charge >= 0.3 is 0 Å². The Kier molecular flexibility index (Phi) is 6.15. The minimum atomic E-state index is -0.303. The fourth-order valence-electron chi connectivity index (χ4n) is 7.00. The summed E-state index contributed by atoms with van der Waals surface area (Å²) in [7, 11) is 0. The number of nitrogens with zero attached hydrogens (tertiary/aromatic N) is 2. The molecule has 4 aliphatic carbocycles. The first kappa shape index (κ1) is 23.0. The van der Waals surface area contributed by atoms with Crippen LogP contribution in [0.5, 0.6) is 0 Å². The van der Waals surface area contributed by atoms with E-state index in [2.05, 4.69) is 20.6 Å². The van der Waals surface area contributed by atoms with Crippen LogP contribution >= 0.6 is 0 Å². The molecule has 2 aromatic rings. The number of pyridine rings is 2. The van der Waals surface area contributed by atoms with Crippen molar-refractivity contribution in [2.45, 2.75) is 75.8 Å². The molecule has 7 nitrogen and oxygen atoms in total. The number of unbranched alkanes of at least 4 members (excludes halogenated alkanes) is 1. The summed E-state index contributed by atoms with van der Waals surface area (Å²) in [6.07, 6.45) is 8.13. The molecule has 0 aromatic carbocycles. The topological polar surface area (TPSA) is 104 Å². The van der Waals surface area contributed by atoms with Crippen molar-refractivity contribution in [2.75, 3.05) is 6.61 Å².